The second-order valence-corrected chi connectivity index (χ2v) is 7.25. The third kappa shape index (κ3) is 4.06. The molecule has 0 aliphatic carbocycles. The van der Waals surface area contributed by atoms with Crippen LogP contribution in [0.15, 0.2) is 11.6 Å². The number of halogens is 3. The van der Waals surface area contributed by atoms with Crippen LogP contribution < -0.4 is 5.32 Å². The largest absolute Gasteiger partial charge is 0.408 e. The van der Waals surface area contributed by atoms with Crippen LogP contribution in [0.5, 0.6) is 0 Å². The van der Waals surface area contributed by atoms with Crippen LogP contribution in [0.1, 0.15) is 40.0 Å². The molecule has 1 saturated heterocycles. The molecule has 2 amide bonds. The van der Waals surface area contributed by atoms with Crippen LogP contribution in [0.4, 0.5) is 13.2 Å². The Balaban J connectivity index is 1.98. The molecule has 1 N–H and O–H groups in total. The highest BCUT2D eigenvalue weighted by molar-refractivity contribution is 6.01. The molecular formula is C16H23F3N2O2. The van der Waals surface area contributed by atoms with Crippen molar-refractivity contribution in [2.24, 2.45) is 11.3 Å². The summed E-state index contributed by atoms with van der Waals surface area (Å²) in [5.74, 6) is -2.18. The highest BCUT2D eigenvalue weighted by atomic mass is 19.4. The molecule has 2 rings (SSSR count). The van der Waals surface area contributed by atoms with Gasteiger partial charge in [-0.3, -0.25) is 9.59 Å². The molecular weight excluding hydrogens is 309 g/mol. The summed E-state index contributed by atoms with van der Waals surface area (Å²) in [6, 6.07) is -1.84. The minimum absolute atomic E-state index is 0.0390. The second kappa shape index (κ2) is 6.17. The molecule has 23 heavy (non-hydrogen) atoms. The number of hydrogen-bond acceptors (Lipinski definition) is 2. The van der Waals surface area contributed by atoms with Gasteiger partial charge in [-0.15, -0.1) is 0 Å². The van der Waals surface area contributed by atoms with Crippen LogP contribution >= 0.6 is 0 Å². The van der Waals surface area contributed by atoms with Gasteiger partial charge in [0.15, 0.2) is 0 Å². The first-order valence-corrected chi connectivity index (χ1v) is 7.85. The smallest absolute Gasteiger partial charge is 0.344 e. The number of piperidine rings is 1. The Labute approximate surface area is 134 Å². The lowest BCUT2D eigenvalue weighted by molar-refractivity contribution is -0.172. The zero-order valence-corrected chi connectivity index (χ0v) is 13.7. The number of alkyl halides is 3. The van der Waals surface area contributed by atoms with E-state index in [9.17, 15) is 22.8 Å². The van der Waals surface area contributed by atoms with E-state index >= 15 is 0 Å². The van der Waals surface area contributed by atoms with Gasteiger partial charge in [0.05, 0.1) is 0 Å². The maximum atomic E-state index is 12.6. The van der Waals surface area contributed by atoms with Crippen molar-refractivity contribution >= 4 is 11.8 Å². The van der Waals surface area contributed by atoms with Crippen LogP contribution in [0.3, 0.4) is 0 Å². The molecule has 130 valence electrons. The predicted octanol–water partition coefficient (Wildman–Crippen LogP) is 2.65. The van der Waals surface area contributed by atoms with E-state index in [1.165, 1.54) is 5.57 Å². The van der Waals surface area contributed by atoms with Gasteiger partial charge in [0.2, 0.25) is 11.8 Å². The fraction of sp³-hybridized carbons (Fsp3) is 0.750. The monoisotopic (exact) mass is 332 g/mol. The molecule has 2 unspecified atom stereocenters. The van der Waals surface area contributed by atoms with E-state index in [1.807, 2.05) is 11.4 Å². The first kappa shape index (κ1) is 17.8. The van der Waals surface area contributed by atoms with Gasteiger partial charge in [-0.1, -0.05) is 32.4 Å². The molecule has 0 aromatic rings. The summed E-state index contributed by atoms with van der Waals surface area (Å²) in [4.78, 5) is 25.9. The molecule has 0 aromatic heterocycles. The lowest BCUT2D eigenvalue weighted by Crippen LogP contribution is -2.55. The van der Waals surface area contributed by atoms with E-state index in [-0.39, 0.29) is 24.2 Å². The molecule has 0 bridgehead atoms. The van der Waals surface area contributed by atoms with E-state index in [4.69, 9.17) is 0 Å². The van der Waals surface area contributed by atoms with Crippen molar-refractivity contribution in [2.45, 2.75) is 52.3 Å². The van der Waals surface area contributed by atoms with Gasteiger partial charge >= 0.3 is 6.18 Å². The van der Waals surface area contributed by atoms with Gasteiger partial charge in [0.1, 0.15) is 12.0 Å². The minimum atomic E-state index is -4.46. The average Bonchev–Trinajstić information content (AvgIpc) is 2.45. The summed E-state index contributed by atoms with van der Waals surface area (Å²) < 4.78 is 37.9. The zero-order valence-electron chi connectivity index (χ0n) is 13.7. The quantitative estimate of drug-likeness (QED) is 0.593. The van der Waals surface area contributed by atoms with E-state index in [0.29, 0.717) is 13.1 Å². The molecule has 1 fully saturated rings. The Morgan fingerprint density at radius 3 is 2.35 bits per heavy atom. The fourth-order valence-electron chi connectivity index (χ4n) is 3.06. The van der Waals surface area contributed by atoms with Crippen LogP contribution in [-0.2, 0) is 9.59 Å². The van der Waals surface area contributed by atoms with E-state index < -0.39 is 24.0 Å². The van der Waals surface area contributed by atoms with Gasteiger partial charge < -0.3 is 10.2 Å². The van der Waals surface area contributed by atoms with Crippen LogP contribution in [0.25, 0.3) is 0 Å². The molecule has 0 radical (unpaired) electrons. The fourth-order valence-corrected chi connectivity index (χ4v) is 3.06. The number of rotatable bonds is 1. The third-order valence-electron chi connectivity index (χ3n) is 4.55. The maximum Gasteiger partial charge on any atom is 0.408 e. The van der Waals surface area contributed by atoms with Gasteiger partial charge in [-0.25, -0.2) is 0 Å². The summed E-state index contributed by atoms with van der Waals surface area (Å²) in [5, 5.41) is 1.93. The standard InChI is InChI=1S/C16H23F3N2O2/c1-15(2,3)10-6-8-21(9-7-10)14(23)11-4-5-12(16(17,18)19)20-13(11)22/h6,11-12H,4-5,7-9H2,1-3H3,(H,20,22). The highest BCUT2D eigenvalue weighted by Gasteiger charge is 2.46. The predicted molar refractivity (Wildman–Crippen MR) is 79.4 cm³/mol. The summed E-state index contributed by atoms with van der Waals surface area (Å²) in [5.41, 5.74) is 1.30. The summed E-state index contributed by atoms with van der Waals surface area (Å²) in [6.45, 7) is 7.22. The van der Waals surface area contributed by atoms with Gasteiger partial charge in [0, 0.05) is 13.1 Å². The molecule has 0 aromatic carbocycles. The Morgan fingerprint density at radius 2 is 1.91 bits per heavy atom. The second-order valence-electron chi connectivity index (χ2n) is 7.25. The highest BCUT2D eigenvalue weighted by Crippen LogP contribution is 2.32. The third-order valence-corrected chi connectivity index (χ3v) is 4.55. The number of nitrogens with one attached hydrogen (secondary N) is 1. The summed E-state index contributed by atoms with van der Waals surface area (Å²) in [7, 11) is 0. The van der Waals surface area contributed by atoms with Crippen molar-refractivity contribution in [2.75, 3.05) is 13.1 Å². The summed E-state index contributed by atoms with van der Waals surface area (Å²) >= 11 is 0. The van der Waals surface area contributed by atoms with Crippen LogP contribution in [0, 0.1) is 11.3 Å². The zero-order chi connectivity index (χ0) is 17.4. The molecule has 2 heterocycles. The van der Waals surface area contributed by atoms with E-state index in [0.717, 1.165) is 6.42 Å². The molecule has 0 saturated carbocycles. The molecule has 2 aliphatic rings. The van der Waals surface area contributed by atoms with Crippen molar-refractivity contribution in [3.63, 3.8) is 0 Å². The van der Waals surface area contributed by atoms with Gasteiger partial charge in [-0.2, -0.15) is 13.2 Å². The SMILES string of the molecule is CC(C)(C)C1=CCN(C(=O)C2CCC(C(F)(F)F)NC2=O)CC1. The Hall–Kier alpha value is -1.53. The Morgan fingerprint density at radius 1 is 1.26 bits per heavy atom. The molecule has 7 heteroatoms. The molecule has 4 nitrogen and oxygen atoms in total. The van der Waals surface area contributed by atoms with Gasteiger partial charge in [-0.05, 0) is 24.7 Å². The number of amides is 2. The molecule has 2 aliphatic heterocycles. The first-order chi connectivity index (χ1) is 10.5. The van der Waals surface area contributed by atoms with Crippen molar-refractivity contribution in [1.29, 1.82) is 0 Å². The lowest BCUT2D eigenvalue weighted by Gasteiger charge is -2.36. The first-order valence-electron chi connectivity index (χ1n) is 7.85. The average molecular weight is 332 g/mol. The normalized spacial score (nSPS) is 26.6. The molecule has 2 atom stereocenters. The number of nitrogens with zero attached hydrogens (tertiary/aromatic N) is 1. The number of carbonyl (C=O) groups excluding carboxylic acids is 2. The van der Waals surface area contributed by atoms with Gasteiger partial charge in [0.25, 0.3) is 0 Å². The Kier molecular flexibility index (Phi) is 4.78. The maximum absolute atomic E-state index is 12.6. The minimum Gasteiger partial charge on any atom is -0.344 e. The number of carbonyl (C=O) groups is 2. The summed E-state index contributed by atoms with van der Waals surface area (Å²) in [6.07, 6.45) is -2.04. The Bertz CT molecular complexity index is 520. The van der Waals surface area contributed by atoms with Crippen molar-refractivity contribution in [3.8, 4) is 0 Å². The topological polar surface area (TPSA) is 49.4 Å². The molecule has 0 spiro atoms. The van der Waals surface area contributed by atoms with E-state index in [1.54, 1.807) is 4.90 Å². The van der Waals surface area contributed by atoms with Crippen molar-refractivity contribution < 1.29 is 22.8 Å². The van der Waals surface area contributed by atoms with Crippen molar-refractivity contribution in [3.05, 3.63) is 11.6 Å². The van der Waals surface area contributed by atoms with E-state index in [2.05, 4.69) is 20.8 Å². The van der Waals surface area contributed by atoms with Crippen LogP contribution in [-0.4, -0.2) is 42.0 Å². The number of hydrogen-bond donors (Lipinski definition) is 1. The van der Waals surface area contributed by atoms with Crippen molar-refractivity contribution in [1.82, 2.24) is 10.2 Å². The van der Waals surface area contributed by atoms with Crippen LogP contribution in [0.2, 0.25) is 0 Å². The lowest BCUT2D eigenvalue weighted by atomic mass is 9.82.